The third-order valence-electron chi connectivity index (χ3n) is 10.7. The molecule has 3 atom stereocenters. The summed E-state index contributed by atoms with van der Waals surface area (Å²) in [4.78, 5) is 31.4. The molecular weight excluding hydrogens is 724 g/mol. The maximum atomic E-state index is 13.0. The largest absolute Gasteiger partial charge is 0.506 e. The second-order valence-corrected chi connectivity index (χ2v) is 15.1. The highest BCUT2D eigenvalue weighted by Gasteiger charge is 2.43. The molecule has 5 N–H and O–H groups in total. The van der Waals surface area contributed by atoms with Gasteiger partial charge in [-0.3, -0.25) is 9.69 Å². The number of hydrogen-bond acceptors (Lipinski definition) is 7. The van der Waals surface area contributed by atoms with Crippen LogP contribution in [0.25, 0.3) is 10.9 Å². The summed E-state index contributed by atoms with van der Waals surface area (Å²) in [7, 11) is 0. The van der Waals surface area contributed by atoms with Crippen molar-refractivity contribution < 1.29 is 24.9 Å². The van der Waals surface area contributed by atoms with Crippen molar-refractivity contribution >= 4 is 32.9 Å². The van der Waals surface area contributed by atoms with Gasteiger partial charge < -0.3 is 35.3 Å². The maximum Gasteiger partial charge on any atom is 0.408 e. The molecule has 1 amide bonds. The highest BCUT2D eigenvalue weighted by Crippen LogP contribution is 2.41. The molecule has 3 saturated heterocycles. The number of aromatic nitrogens is 1. The van der Waals surface area contributed by atoms with Gasteiger partial charge in [-0.2, -0.15) is 0 Å². The molecule has 3 aromatic carbocycles. The third-order valence-corrected chi connectivity index (χ3v) is 11.4. The van der Waals surface area contributed by atoms with Crippen molar-refractivity contribution in [3.05, 3.63) is 104 Å². The molecule has 3 fully saturated rings. The fraction of sp³-hybridized carbons (Fsp3) is 0.463. The smallest absolute Gasteiger partial charge is 0.408 e. The lowest BCUT2D eigenvalue weighted by Crippen LogP contribution is -2.59. The van der Waals surface area contributed by atoms with E-state index in [1.807, 2.05) is 48.5 Å². The van der Waals surface area contributed by atoms with Gasteiger partial charge in [0.1, 0.15) is 11.5 Å². The predicted molar refractivity (Wildman–Crippen MR) is 207 cm³/mol. The number of carboxylic acid groups (broad SMARTS) is 1. The van der Waals surface area contributed by atoms with E-state index >= 15 is 0 Å². The van der Waals surface area contributed by atoms with Gasteiger partial charge in [0.15, 0.2) is 0 Å². The van der Waals surface area contributed by atoms with E-state index in [9.17, 15) is 24.9 Å². The van der Waals surface area contributed by atoms with Crippen LogP contribution in [-0.2, 0) is 0 Å². The molecule has 3 aliphatic rings. The Morgan fingerprint density at radius 2 is 1.67 bits per heavy atom. The van der Waals surface area contributed by atoms with Gasteiger partial charge in [0.25, 0.3) is 0 Å². The number of aromatic hydroxyl groups is 1. The Morgan fingerprint density at radius 3 is 2.38 bits per heavy atom. The molecule has 278 valence electrons. The number of fused-ring (bicyclic) bond motifs is 4. The molecule has 0 spiro atoms. The first kappa shape index (κ1) is 37.8. The number of carbonyl (C=O) groups is 1. The fourth-order valence-electron chi connectivity index (χ4n) is 7.96. The zero-order valence-corrected chi connectivity index (χ0v) is 31.3. The van der Waals surface area contributed by atoms with E-state index in [-0.39, 0.29) is 17.4 Å². The molecule has 7 rings (SSSR count). The first-order chi connectivity index (χ1) is 25.3. The van der Waals surface area contributed by atoms with E-state index in [1.165, 1.54) is 12.1 Å². The SMILES string of the molecule is O=C(O)N(C(c1ccccc1)c1cc(OCCCCCCCCCNC[C@H](O)c2ccc(O)c3[nH]c(=O)ccc23)ccc1Br)[C@H]1CN2CCC1CC2. The monoisotopic (exact) mass is 774 g/mol. The lowest BCUT2D eigenvalue weighted by molar-refractivity contribution is -0.000902. The average molecular weight is 776 g/mol. The van der Waals surface area contributed by atoms with Crippen molar-refractivity contribution in [1.82, 2.24) is 20.1 Å². The van der Waals surface area contributed by atoms with Crippen molar-refractivity contribution in [3.8, 4) is 11.5 Å². The number of hydrogen-bond donors (Lipinski definition) is 5. The lowest BCUT2D eigenvalue weighted by atomic mass is 9.81. The van der Waals surface area contributed by atoms with Gasteiger partial charge in [0.05, 0.1) is 30.3 Å². The van der Waals surface area contributed by atoms with Gasteiger partial charge in [-0.25, -0.2) is 4.79 Å². The summed E-state index contributed by atoms with van der Waals surface area (Å²) in [6.07, 6.45) is 8.05. The summed E-state index contributed by atoms with van der Waals surface area (Å²) in [5, 5.41) is 35.4. The number of piperidine rings is 3. The van der Waals surface area contributed by atoms with Crippen LogP contribution < -0.4 is 15.6 Å². The van der Waals surface area contributed by atoms with Gasteiger partial charge in [-0.05, 0) is 98.3 Å². The summed E-state index contributed by atoms with van der Waals surface area (Å²) in [5.41, 5.74) is 2.57. The Hall–Kier alpha value is -3.90. The van der Waals surface area contributed by atoms with Crippen LogP contribution in [0, 0.1) is 5.92 Å². The Kier molecular flexibility index (Phi) is 13.3. The van der Waals surface area contributed by atoms with E-state index in [0.717, 1.165) is 105 Å². The molecule has 0 saturated carbocycles. The maximum absolute atomic E-state index is 13.0. The zero-order valence-electron chi connectivity index (χ0n) is 29.7. The zero-order chi connectivity index (χ0) is 36.5. The number of aromatic amines is 1. The summed E-state index contributed by atoms with van der Waals surface area (Å²) in [5.74, 6) is 1.11. The summed E-state index contributed by atoms with van der Waals surface area (Å²) in [6, 6.07) is 21.6. The summed E-state index contributed by atoms with van der Waals surface area (Å²) < 4.78 is 7.10. The van der Waals surface area contributed by atoms with E-state index in [4.69, 9.17) is 4.74 Å². The minimum atomic E-state index is -0.888. The standard InChI is InChI=1S/C41H51BrN4O6/c42-34-16-13-30(25-33(34)40(29-11-7-6-8-12-29)46(41(50)51)35-27-45-22-19-28(35)20-23-45)52-24-10-5-3-1-2-4-9-21-43-26-37(48)31-14-17-36(47)39-32(31)15-18-38(49)44-39/h6-8,11-18,25,28,35,37,40,43,47-48H,1-5,9-10,19-24,26-27H2,(H,44,49)(H,50,51)/t35-,37-,40?/m0/s1. The number of aliphatic hydroxyl groups is 1. The number of phenolic OH excluding ortho intramolecular Hbond substituents is 1. The van der Waals surface area contributed by atoms with Crippen molar-refractivity contribution in [2.45, 2.75) is 76.0 Å². The topological polar surface area (TPSA) is 138 Å². The van der Waals surface area contributed by atoms with Crippen molar-refractivity contribution in [3.63, 3.8) is 0 Å². The van der Waals surface area contributed by atoms with Gasteiger partial charge >= 0.3 is 6.09 Å². The number of aliphatic hydroxyl groups excluding tert-OH is 1. The predicted octanol–water partition coefficient (Wildman–Crippen LogP) is 7.59. The van der Waals surface area contributed by atoms with Crippen molar-refractivity contribution in [2.24, 2.45) is 5.92 Å². The molecule has 3 aliphatic heterocycles. The molecule has 0 radical (unpaired) electrons. The molecule has 4 aromatic rings. The molecule has 1 unspecified atom stereocenters. The van der Waals surface area contributed by atoms with E-state index < -0.39 is 18.2 Å². The van der Waals surface area contributed by atoms with Crippen LogP contribution in [0.3, 0.4) is 0 Å². The second-order valence-electron chi connectivity index (χ2n) is 14.2. The molecule has 52 heavy (non-hydrogen) atoms. The normalized spacial score (nSPS) is 19.4. The Balaban J connectivity index is 0.921. The Labute approximate surface area is 313 Å². The van der Waals surface area contributed by atoms with Crippen LogP contribution in [0.15, 0.2) is 82.1 Å². The highest BCUT2D eigenvalue weighted by molar-refractivity contribution is 9.10. The van der Waals surface area contributed by atoms with Crippen LogP contribution in [-0.4, -0.2) is 81.6 Å². The number of phenols is 1. The number of halogens is 1. The number of H-pyrrole nitrogens is 1. The number of pyridine rings is 1. The van der Waals surface area contributed by atoms with Gasteiger partial charge in [-0.15, -0.1) is 0 Å². The van der Waals surface area contributed by atoms with Gasteiger partial charge in [0, 0.05) is 29.0 Å². The van der Waals surface area contributed by atoms with E-state index in [0.29, 0.717) is 35.5 Å². The number of nitrogens with zero attached hydrogens (tertiary/aromatic N) is 2. The minimum Gasteiger partial charge on any atom is -0.506 e. The quantitative estimate of drug-likeness (QED) is 0.0653. The molecule has 2 bridgehead atoms. The lowest BCUT2D eigenvalue weighted by Gasteiger charge is -2.50. The van der Waals surface area contributed by atoms with Gasteiger partial charge in [0.2, 0.25) is 5.56 Å². The second kappa shape index (κ2) is 18.2. The Morgan fingerprint density at radius 1 is 0.942 bits per heavy atom. The van der Waals surface area contributed by atoms with Crippen LogP contribution in [0.5, 0.6) is 11.5 Å². The first-order valence-corrected chi connectivity index (χ1v) is 19.5. The number of amides is 1. The van der Waals surface area contributed by atoms with E-state index in [1.54, 1.807) is 17.0 Å². The Bertz CT molecular complexity index is 1830. The van der Waals surface area contributed by atoms with Crippen LogP contribution >= 0.6 is 15.9 Å². The highest BCUT2D eigenvalue weighted by atomic mass is 79.9. The molecule has 11 heteroatoms. The van der Waals surface area contributed by atoms with Crippen molar-refractivity contribution in [2.75, 3.05) is 39.3 Å². The first-order valence-electron chi connectivity index (χ1n) is 18.7. The number of nitrogens with one attached hydrogen (secondary N) is 2. The number of benzene rings is 3. The molecule has 4 heterocycles. The van der Waals surface area contributed by atoms with Crippen molar-refractivity contribution in [1.29, 1.82) is 0 Å². The third kappa shape index (κ3) is 9.36. The molecule has 0 aliphatic carbocycles. The minimum absolute atomic E-state index is 0.0134. The molecule has 1 aromatic heterocycles. The summed E-state index contributed by atoms with van der Waals surface area (Å²) >= 11 is 3.76. The fourth-order valence-corrected chi connectivity index (χ4v) is 8.43. The molecular formula is C41H51BrN4O6. The number of rotatable bonds is 18. The molecule has 10 nitrogen and oxygen atoms in total. The van der Waals surface area contributed by atoms with Crippen LogP contribution in [0.4, 0.5) is 4.79 Å². The van der Waals surface area contributed by atoms with Crippen LogP contribution in [0.2, 0.25) is 0 Å². The number of ether oxygens (including phenoxy) is 1. The van der Waals surface area contributed by atoms with Crippen LogP contribution in [0.1, 0.15) is 86.6 Å². The van der Waals surface area contributed by atoms with Gasteiger partial charge in [-0.1, -0.05) is 84.4 Å². The summed E-state index contributed by atoms with van der Waals surface area (Å²) in [6.45, 7) is 4.69. The number of unbranched alkanes of at least 4 members (excludes halogenated alkanes) is 6. The average Bonchev–Trinajstić information content (AvgIpc) is 3.16. The van der Waals surface area contributed by atoms with E-state index in [2.05, 4.69) is 31.1 Å².